The second-order valence-corrected chi connectivity index (χ2v) is 4.58. The fraction of sp³-hybridized carbons (Fsp3) is 0.385. The van der Waals surface area contributed by atoms with E-state index in [4.69, 9.17) is 0 Å². The molecule has 2 aromatic rings. The van der Waals surface area contributed by atoms with E-state index in [0.717, 1.165) is 42.6 Å². The van der Waals surface area contributed by atoms with Crippen LogP contribution in [0.25, 0.3) is 10.9 Å². The first-order valence-electron chi connectivity index (χ1n) is 6.17. The van der Waals surface area contributed by atoms with Crippen molar-refractivity contribution in [1.82, 2.24) is 20.0 Å². The summed E-state index contributed by atoms with van der Waals surface area (Å²) in [5.74, 6) is 0.111. The van der Waals surface area contributed by atoms with Gasteiger partial charge in [0.05, 0.1) is 11.7 Å². The minimum atomic E-state index is 0.111. The molecule has 0 spiro atoms. The second kappa shape index (κ2) is 4.42. The van der Waals surface area contributed by atoms with Gasteiger partial charge in [0.15, 0.2) is 0 Å². The molecular formula is C13H16N4O. The summed E-state index contributed by atoms with van der Waals surface area (Å²) in [6, 6.07) is 5.76. The van der Waals surface area contributed by atoms with Gasteiger partial charge in [-0.2, -0.15) is 5.10 Å². The molecule has 1 aromatic heterocycles. The van der Waals surface area contributed by atoms with E-state index in [-0.39, 0.29) is 5.91 Å². The van der Waals surface area contributed by atoms with Crippen molar-refractivity contribution in [1.29, 1.82) is 0 Å². The number of aromatic nitrogens is 2. The molecule has 5 heteroatoms. The van der Waals surface area contributed by atoms with Gasteiger partial charge in [0.25, 0.3) is 5.91 Å². The molecule has 0 saturated carbocycles. The minimum absolute atomic E-state index is 0.111. The molecule has 0 radical (unpaired) electrons. The Morgan fingerprint density at radius 2 is 2.11 bits per heavy atom. The first-order chi connectivity index (χ1) is 8.75. The van der Waals surface area contributed by atoms with E-state index in [1.165, 1.54) is 0 Å². The van der Waals surface area contributed by atoms with Gasteiger partial charge in [-0.1, -0.05) is 6.07 Å². The number of piperazine rings is 1. The second-order valence-electron chi connectivity index (χ2n) is 4.58. The predicted molar refractivity (Wildman–Crippen MR) is 69.5 cm³/mol. The number of carbonyl (C=O) groups is 1. The summed E-state index contributed by atoms with van der Waals surface area (Å²) < 4.78 is 1.80. The molecule has 2 heterocycles. The average molecular weight is 244 g/mol. The smallest absolute Gasteiger partial charge is 0.254 e. The quantitative estimate of drug-likeness (QED) is 0.800. The molecule has 0 bridgehead atoms. The summed E-state index contributed by atoms with van der Waals surface area (Å²) in [5.41, 5.74) is 1.74. The Morgan fingerprint density at radius 3 is 2.89 bits per heavy atom. The predicted octanol–water partition coefficient (Wildman–Crippen LogP) is 0.619. The van der Waals surface area contributed by atoms with Crippen LogP contribution in [-0.4, -0.2) is 46.8 Å². The van der Waals surface area contributed by atoms with Crippen LogP contribution in [0.5, 0.6) is 0 Å². The van der Waals surface area contributed by atoms with Crippen molar-refractivity contribution in [2.24, 2.45) is 7.05 Å². The summed E-state index contributed by atoms with van der Waals surface area (Å²) in [6.45, 7) is 3.31. The summed E-state index contributed by atoms with van der Waals surface area (Å²) in [7, 11) is 1.89. The van der Waals surface area contributed by atoms with Crippen LogP contribution < -0.4 is 5.32 Å². The largest absolute Gasteiger partial charge is 0.336 e. The van der Waals surface area contributed by atoms with Gasteiger partial charge in [0.1, 0.15) is 0 Å². The number of amides is 1. The topological polar surface area (TPSA) is 50.2 Å². The van der Waals surface area contributed by atoms with Crippen molar-refractivity contribution in [3.8, 4) is 0 Å². The van der Waals surface area contributed by atoms with Crippen molar-refractivity contribution >= 4 is 16.8 Å². The lowest BCUT2D eigenvalue weighted by Crippen LogP contribution is -2.46. The first kappa shape index (κ1) is 11.2. The molecule has 0 aliphatic carbocycles. The molecule has 1 aliphatic rings. The summed E-state index contributed by atoms with van der Waals surface area (Å²) in [4.78, 5) is 14.2. The highest BCUT2D eigenvalue weighted by Gasteiger charge is 2.18. The van der Waals surface area contributed by atoms with Crippen molar-refractivity contribution in [2.75, 3.05) is 26.2 Å². The van der Waals surface area contributed by atoms with Gasteiger partial charge in [-0.05, 0) is 12.1 Å². The first-order valence-corrected chi connectivity index (χ1v) is 6.17. The standard InChI is InChI=1S/C13H16N4O/c1-16-12-8-10(2-3-11(12)9-15-16)13(18)17-6-4-14-5-7-17/h2-3,8-9,14H,4-7H2,1H3. The zero-order chi connectivity index (χ0) is 12.5. The Bertz CT molecular complexity index is 584. The third kappa shape index (κ3) is 1.86. The fourth-order valence-electron chi connectivity index (χ4n) is 2.33. The number of rotatable bonds is 1. The molecule has 94 valence electrons. The maximum atomic E-state index is 12.3. The zero-order valence-corrected chi connectivity index (χ0v) is 10.4. The highest BCUT2D eigenvalue weighted by Crippen LogP contribution is 2.16. The summed E-state index contributed by atoms with van der Waals surface area (Å²) in [5, 5.41) is 8.50. The van der Waals surface area contributed by atoms with Crippen molar-refractivity contribution in [3.63, 3.8) is 0 Å². The number of fused-ring (bicyclic) bond motifs is 1. The van der Waals surface area contributed by atoms with Crippen LogP contribution in [0.15, 0.2) is 24.4 Å². The van der Waals surface area contributed by atoms with E-state index < -0.39 is 0 Å². The van der Waals surface area contributed by atoms with Gasteiger partial charge in [-0.25, -0.2) is 0 Å². The van der Waals surface area contributed by atoms with Gasteiger partial charge in [-0.3, -0.25) is 9.48 Å². The normalized spacial score (nSPS) is 16.2. The third-order valence-electron chi connectivity index (χ3n) is 3.40. The molecule has 1 fully saturated rings. The monoisotopic (exact) mass is 244 g/mol. The van der Waals surface area contributed by atoms with Crippen molar-refractivity contribution < 1.29 is 4.79 Å². The maximum Gasteiger partial charge on any atom is 0.254 e. The average Bonchev–Trinajstić information content (AvgIpc) is 2.80. The Hall–Kier alpha value is -1.88. The number of nitrogens with one attached hydrogen (secondary N) is 1. The SMILES string of the molecule is Cn1ncc2ccc(C(=O)N3CCNCC3)cc21. The van der Waals surface area contributed by atoms with E-state index in [0.29, 0.717) is 0 Å². The van der Waals surface area contributed by atoms with Gasteiger partial charge in [0, 0.05) is 44.2 Å². The Kier molecular flexibility index (Phi) is 2.76. The van der Waals surface area contributed by atoms with Crippen LogP contribution in [0.2, 0.25) is 0 Å². The van der Waals surface area contributed by atoms with Crippen LogP contribution in [0.4, 0.5) is 0 Å². The molecule has 1 N–H and O–H groups in total. The number of nitrogens with zero attached hydrogens (tertiary/aromatic N) is 3. The van der Waals surface area contributed by atoms with E-state index in [9.17, 15) is 4.79 Å². The molecule has 0 unspecified atom stereocenters. The molecule has 1 aromatic carbocycles. The van der Waals surface area contributed by atoms with Crippen LogP contribution in [0, 0.1) is 0 Å². The van der Waals surface area contributed by atoms with Gasteiger partial charge >= 0.3 is 0 Å². The molecular weight excluding hydrogens is 228 g/mol. The molecule has 1 amide bonds. The molecule has 5 nitrogen and oxygen atoms in total. The Balaban J connectivity index is 1.93. The molecule has 3 rings (SSSR count). The highest BCUT2D eigenvalue weighted by molar-refractivity contribution is 5.97. The van der Waals surface area contributed by atoms with Crippen LogP contribution >= 0.6 is 0 Å². The number of hydrogen-bond donors (Lipinski definition) is 1. The minimum Gasteiger partial charge on any atom is -0.336 e. The summed E-state index contributed by atoms with van der Waals surface area (Å²) in [6.07, 6.45) is 1.81. The van der Waals surface area contributed by atoms with E-state index >= 15 is 0 Å². The Morgan fingerprint density at radius 1 is 1.33 bits per heavy atom. The summed E-state index contributed by atoms with van der Waals surface area (Å²) >= 11 is 0. The van der Waals surface area contributed by atoms with Crippen LogP contribution in [0.1, 0.15) is 10.4 Å². The third-order valence-corrected chi connectivity index (χ3v) is 3.40. The van der Waals surface area contributed by atoms with Gasteiger partial charge in [-0.15, -0.1) is 0 Å². The van der Waals surface area contributed by atoms with Crippen LogP contribution in [0.3, 0.4) is 0 Å². The van der Waals surface area contributed by atoms with Gasteiger partial charge < -0.3 is 10.2 Å². The van der Waals surface area contributed by atoms with E-state index in [2.05, 4.69) is 10.4 Å². The highest BCUT2D eigenvalue weighted by atomic mass is 16.2. The molecule has 18 heavy (non-hydrogen) atoms. The van der Waals surface area contributed by atoms with Crippen molar-refractivity contribution in [3.05, 3.63) is 30.0 Å². The maximum absolute atomic E-state index is 12.3. The lowest BCUT2D eigenvalue weighted by Gasteiger charge is -2.27. The number of aryl methyl sites for hydroxylation is 1. The zero-order valence-electron chi connectivity index (χ0n) is 10.4. The molecule has 1 aliphatic heterocycles. The number of hydrogen-bond acceptors (Lipinski definition) is 3. The lowest BCUT2D eigenvalue weighted by atomic mass is 10.1. The Labute approximate surface area is 105 Å². The molecule has 1 saturated heterocycles. The lowest BCUT2D eigenvalue weighted by molar-refractivity contribution is 0.0736. The van der Waals surface area contributed by atoms with Crippen LogP contribution in [-0.2, 0) is 7.05 Å². The fourth-order valence-corrected chi connectivity index (χ4v) is 2.33. The number of carbonyl (C=O) groups excluding carboxylic acids is 1. The molecule has 0 atom stereocenters. The van der Waals surface area contributed by atoms with Crippen molar-refractivity contribution in [2.45, 2.75) is 0 Å². The van der Waals surface area contributed by atoms with Gasteiger partial charge in [0.2, 0.25) is 0 Å². The van der Waals surface area contributed by atoms with E-state index in [1.807, 2.05) is 36.3 Å². The number of benzene rings is 1. The van der Waals surface area contributed by atoms with E-state index in [1.54, 1.807) is 4.68 Å².